The summed E-state index contributed by atoms with van der Waals surface area (Å²) in [6, 6.07) is 6.70. The highest BCUT2D eigenvalue weighted by Gasteiger charge is 2.15. The summed E-state index contributed by atoms with van der Waals surface area (Å²) < 4.78 is 0.945. The fourth-order valence-corrected chi connectivity index (χ4v) is 1.98. The highest BCUT2D eigenvalue weighted by Crippen LogP contribution is 2.14. The molecule has 0 bridgehead atoms. The second kappa shape index (κ2) is 8.71. The van der Waals surface area contributed by atoms with Crippen molar-refractivity contribution in [2.45, 2.75) is 32.2 Å². The van der Waals surface area contributed by atoms with Gasteiger partial charge in [-0.25, -0.2) is 0 Å². The van der Waals surface area contributed by atoms with E-state index in [0.717, 1.165) is 16.6 Å². The van der Waals surface area contributed by atoms with Crippen molar-refractivity contribution in [3.63, 3.8) is 0 Å². The van der Waals surface area contributed by atoms with Gasteiger partial charge in [-0.15, -0.1) is 0 Å². The minimum Gasteiger partial charge on any atom is -0.480 e. The number of amides is 1. The van der Waals surface area contributed by atoms with E-state index in [-0.39, 0.29) is 12.3 Å². The quantitative estimate of drug-likeness (QED) is 0.678. The first-order valence-corrected chi connectivity index (χ1v) is 7.34. The van der Waals surface area contributed by atoms with Gasteiger partial charge < -0.3 is 15.7 Å². The Morgan fingerprint density at radius 2 is 1.95 bits per heavy atom. The second-order valence-corrected chi connectivity index (χ2v) is 5.35. The molecule has 20 heavy (non-hydrogen) atoms. The minimum atomic E-state index is -0.875. The summed E-state index contributed by atoms with van der Waals surface area (Å²) in [6.07, 6.45) is 1.59. The first kappa shape index (κ1) is 16.7. The Bertz CT molecular complexity index is 448. The van der Waals surface area contributed by atoms with Crippen molar-refractivity contribution in [2.75, 3.05) is 11.9 Å². The van der Waals surface area contributed by atoms with E-state index in [2.05, 4.69) is 26.6 Å². The number of rotatable bonds is 8. The SMILES string of the molecule is CCCC(NCCC(=O)Nc1ccc(Br)cc1)C(=O)O. The van der Waals surface area contributed by atoms with Crippen LogP contribution in [0.15, 0.2) is 28.7 Å². The van der Waals surface area contributed by atoms with Crippen LogP contribution in [0.4, 0.5) is 5.69 Å². The predicted molar refractivity (Wildman–Crippen MR) is 81.7 cm³/mol. The van der Waals surface area contributed by atoms with Crippen molar-refractivity contribution in [3.05, 3.63) is 28.7 Å². The number of carbonyl (C=O) groups is 2. The van der Waals surface area contributed by atoms with Gasteiger partial charge in [-0.2, -0.15) is 0 Å². The predicted octanol–water partition coefficient (Wildman–Crippen LogP) is 2.62. The molecule has 1 aromatic carbocycles. The molecule has 0 aliphatic carbocycles. The van der Waals surface area contributed by atoms with Crippen LogP contribution in [-0.4, -0.2) is 29.6 Å². The fourth-order valence-electron chi connectivity index (χ4n) is 1.72. The molecule has 0 saturated carbocycles. The zero-order chi connectivity index (χ0) is 15.0. The molecule has 0 saturated heterocycles. The first-order valence-electron chi connectivity index (χ1n) is 6.54. The Hall–Kier alpha value is -1.40. The standard InChI is InChI=1S/C14H19BrN2O3/c1-2-3-12(14(19)20)16-9-8-13(18)17-11-6-4-10(15)5-7-11/h4-7,12,16H,2-3,8-9H2,1H3,(H,17,18)(H,19,20). The van der Waals surface area contributed by atoms with Gasteiger partial charge in [-0.1, -0.05) is 29.3 Å². The number of hydrogen-bond acceptors (Lipinski definition) is 3. The number of halogens is 1. The lowest BCUT2D eigenvalue weighted by Gasteiger charge is -2.13. The van der Waals surface area contributed by atoms with E-state index >= 15 is 0 Å². The molecule has 0 aliphatic rings. The average Bonchev–Trinajstić information content (AvgIpc) is 2.40. The van der Waals surface area contributed by atoms with Gasteiger partial charge in [0.2, 0.25) is 5.91 Å². The third-order valence-electron chi connectivity index (χ3n) is 2.75. The Morgan fingerprint density at radius 1 is 1.30 bits per heavy atom. The van der Waals surface area contributed by atoms with Crippen LogP contribution < -0.4 is 10.6 Å². The summed E-state index contributed by atoms with van der Waals surface area (Å²) in [5.74, 6) is -1.01. The number of carbonyl (C=O) groups excluding carboxylic acids is 1. The maximum Gasteiger partial charge on any atom is 0.320 e. The van der Waals surface area contributed by atoms with Gasteiger partial charge in [0.25, 0.3) is 0 Å². The van der Waals surface area contributed by atoms with Crippen LogP contribution in [0.5, 0.6) is 0 Å². The highest BCUT2D eigenvalue weighted by molar-refractivity contribution is 9.10. The van der Waals surface area contributed by atoms with E-state index < -0.39 is 12.0 Å². The van der Waals surface area contributed by atoms with Crippen molar-refractivity contribution < 1.29 is 14.7 Å². The molecule has 1 amide bonds. The van der Waals surface area contributed by atoms with Crippen molar-refractivity contribution in [1.82, 2.24) is 5.32 Å². The maximum atomic E-state index is 11.7. The molecular formula is C14H19BrN2O3. The molecule has 0 fully saturated rings. The van der Waals surface area contributed by atoms with E-state index in [1.54, 1.807) is 12.1 Å². The number of hydrogen-bond donors (Lipinski definition) is 3. The number of nitrogens with one attached hydrogen (secondary N) is 2. The number of benzene rings is 1. The molecule has 0 heterocycles. The summed E-state index contributed by atoms with van der Waals surface area (Å²) >= 11 is 3.32. The third kappa shape index (κ3) is 6.16. The van der Waals surface area contributed by atoms with Gasteiger partial charge in [0.05, 0.1) is 0 Å². The van der Waals surface area contributed by atoms with Crippen LogP contribution in [-0.2, 0) is 9.59 Å². The van der Waals surface area contributed by atoms with Crippen molar-refractivity contribution in [3.8, 4) is 0 Å². The second-order valence-electron chi connectivity index (χ2n) is 4.44. The van der Waals surface area contributed by atoms with Crippen LogP contribution >= 0.6 is 15.9 Å². The van der Waals surface area contributed by atoms with Gasteiger partial charge >= 0.3 is 5.97 Å². The Balaban J connectivity index is 2.32. The lowest BCUT2D eigenvalue weighted by Crippen LogP contribution is -2.38. The molecule has 1 atom stereocenters. The summed E-state index contributed by atoms with van der Waals surface area (Å²) in [5.41, 5.74) is 0.724. The molecular weight excluding hydrogens is 324 g/mol. The molecule has 1 aromatic rings. The molecule has 0 aliphatic heterocycles. The van der Waals surface area contributed by atoms with Gasteiger partial charge in [0.1, 0.15) is 6.04 Å². The molecule has 0 aromatic heterocycles. The van der Waals surface area contributed by atoms with Gasteiger partial charge in [-0.3, -0.25) is 9.59 Å². The molecule has 1 rings (SSSR count). The maximum absolute atomic E-state index is 11.7. The Morgan fingerprint density at radius 3 is 2.50 bits per heavy atom. The van der Waals surface area contributed by atoms with Gasteiger partial charge in [-0.05, 0) is 30.7 Å². The lowest BCUT2D eigenvalue weighted by molar-refractivity contribution is -0.139. The zero-order valence-electron chi connectivity index (χ0n) is 11.4. The van der Waals surface area contributed by atoms with Crippen LogP contribution in [0.2, 0.25) is 0 Å². The van der Waals surface area contributed by atoms with Crippen LogP contribution in [0.1, 0.15) is 26.2 Å². The summed E-state index contributed by atoms with van der Waals surface area (Å²) in [4.78, 5) is 22.6. The Labute approximate surface area is 126 Å². The summed E-state index contributed by atoms with van der Waals surface area (Å²) in [6.45, 7) is 2.27. The van der Waals surface area contributed by atoms with E-state index in [1.165, 1.54) is 0 Å². The van der Waals surface area contributed by atoms with Crippen molar-refractivity contribution in [1.29, 1.82) is 0 Å². The molecule has 0 radical (unpaired) electrons. The number of carboxylic acid groups (broad SMARTS) is 1. The largest absolute Gasteiger partial charge is 0.480 e. The van der Waals surface area contributed by atoms with Crippen LogP contribution in [0, 0.1) is 0 Å². The van der Waals surface area contributed by atoms with E-state index in [0.29, 0.717) is 13.0 Å². The molecule has 0 spiro atoms. The van der Waals surface area contributed by atoms with Crippen LogP contribution in [0.25, 0.3) is 0 Å². The molecule has 3 N–H and O–H groups in total. The average molecular weight is 343 g/mol. The molecule has 5 nitrogen and oxygen atoms in total. The first-order chi connectivity index (χ1) is 9.52. The zero-order valence-corrected chi connectivity index (χ0v) is 12.9. The number of carboxylic acids is 1. The third-order valence-corrected chi connectivity index (χ3v) is 3.27. The van der Waals surface area contributed by atoms with E-state index in [1.807, 2.05) is 19.1 Å². The normalized spacial score (nSPS) is 11.9. The Kier molecular flexibility index (Phi) is 7.25. The lowest BCUT2D eigenvalue weighted by atomic mass is 10.1. The summed E-state index contributed by atoms with van der Waals surface area (Å²) in [7, 11) is 0. The van der Waals surface area contributed by atoms with E-state index in [9.17, 15) is 9.59 Å². The van der Waals surface area contributed by atoms with Gasteiger partial charge in [0, 0.05) is 23.1 Å². The number of aliphatic carboxylic acids is 1. The van der Waals surface area contributed by atoms with Gasteiger partial charge in [0.15, 0.2) is 0 Å². The topological polar surface area (TPSA) is 78.4 Å². The fraction of sp³-hybridized carbons (Fsp3) is 0.429. The molecule has 6 heteroatoms. The van der Waals surface area contributed by atoms with Crippen LogP contribution in [0.3, 0.4) is 0 Å². The molecule has 110 valence electrons. The molecule has 1 unspecified atom stereocenters. The number of anilines is 1. The minimum absolute atomic E-state index is 0.138. The highest BCUT2D eigenvalue weighted by atomic mass is 79.9. The monoisotopic (exact) mass is 342 g/mol. The summed E-state index contributed by atoms with van der Waals surface area (Å²) in [5, 5.41) is 14.6. The van der Waals surface area contributed by atoms with Crippen molar-refractivity contribution >= 4 is 33.5 Å². The van der Waals surface area contributed by atoms with Crippen molar-refractivity contribution in [2.24, 2.45) is 0 Å². The smallest absolute Gasteiger partial charge is 0.320 e. The van der Waals surface area contributed by atoms with E-state index in [4.69, 9.17) is 5.11 Å².